The third kappa shape index (κ3) is 2.91. The molecule has 0 aliphatic carbocycles. The van der Waals surface area contributed by atoms with Crippen LogP contribution in [0.3, 0.4) is 0 Å². The van der Waals surface area contributed by atoms with Crippen molar-refractivity contribution in [1.29, 1.82) is 5.26 Å². The number of aromatic nitrogens is 3. The van der Waals surface area contributed by atoms with Gasteiger partial charge < -0.3 is 5.32 Å². The molecule has 0 unspecified atom stereocenters. The van der Waals surface area contributed by atoms with Gasteiger partial charge in [-0.3, -0.25) is 14.7 Å². The maximum Gasteiger partial charge on any atom is 0.274 e. The van der Waals surface area contributed by atoms with Gasteiger partial charge in [0.15, 0.2) is 0 Å². The van der Waals surface area contributed by atoms with Crippen LogP contribution in [0, 0.1) is 28.4 Å². The van der Waals surface area contributed by atoms with Gasteiger partial charge >= 0.3 is 0 Å². The van der Waals surface area contributed by atoms with E-state index in [1.165, 1.54) is 6.07 Å². The Kier molecular flexibility index (Phi) is 3.91. The Morgan fingerprint density at radius 2 is 2.17 bits per heavy atom. The van der Waals surface area contributed by atoms with E-state index in [4.69, 9.17) is 5.26 Å². The maximum absolute atomic E-state index is 11.0. The topological polar surface area (TPSA) is 110 Å². The molecule has 0 saturated carbocycles. The summed E-state index contributed by atoms with van der Waals surface area (Å²) in [6, 6.07) is 12.0. The summed E-state index contributed by atoms with van der Waals surface area (Å²) in [6.07, 6.45) is 3.27. The van der Waals surface area contributed by atoms with E-state index in [-0.39, 0.29) is 11.6 Å². The fraction of sp³-hybridized carbons (Fsp3) is 0.0625. The predicted molar refractivity (Wildman–Crippen MR) is 87.2 cm³/mol. The van der Waals surface area contributed by atoms with Gasteiger partial charge in [0.05, 0.1) is 4.92 Å². The minimum Gasteiger partial charge on any atom is -0.324 e. The van der Waals surface area contributed by atoms with Gasteiger partial charge in [0.25, 0.3) is 5.69 Å². The van der Waals surface area contributed by atoms with Crippen LogP contribution in [0.4, 0.5) is 17.3 Å². The first kappa shape index (κ1) is 15.2. The van der Waals surface area contributed by atoms with Crippen LogP contribution in [0.1, 0.15) is 11.3 Å². The first-order valence-corrected chi connectivity index (χ1v) is 7.01. The van der Waals surface area contributed by atoms with E-state index < -0.39 is 4.92 Å². The number of hydrogen-bond acceptors (Lipinski definition) is 6. The number of anilines is 2. The molecule has 1 N–H and O–H groups in total. The van der Waals surface area contributed by atoms with Crippen LogP contribution in [0.15, 0.2) is 48.8 Å². The second kappa shape index (κ2) is 6.18. The highest BCUT2D eigenvalue weighted by Crippen LogP contribution is 2.24. The number of nitro groups is 1. The zero-order chi connectivity index (χ0) is 17.1. The zero-order valence-corrected chi connectivity index (χ0v) is 12.7. The molecule has 0 atom stereocenters. The number of nitro benzene ring substituents is 1. The Balaban J connectivity index is 1.92. The molecule has 0 saturated heterocycles. The summed E-state index contributed by atoms with van der Waals surface area (Å²) in [5, 5.41) is 23.1. The Bertz CT molecular complexity index is 957. The molecule has 8 heteroatoms. The Labute approximate surface area is 137 Å². The number of nitrogens with one attached hydrogen (secondary N) is 1. The maximum atomic E-state index is 11.0. The second-order valence-electron chi connectivity index (χ2n) is 5.00. The normalized spacial score (nSPS) is 10.2. The van der Waals surface area contributed by atoms with Crippen molar-refractivity contribution in [3.63, 3.8) is 0 Å². The standard InChI is InChI=1S/C16H12N6O2/c1-11-4-5-12(9-14(11)22(23)24)19-16-18-7-6-15(20-16)21-8-2-3-13(21)10-17/h2-9H,1H3,(H,18,19,20). The van der Waals surface area contributed by atoms with Gasteiger partial charge in [-0.1, -0.05) is 6.07 Å². The molecule has 8 nitrogen and oxygen atoms in total. The Hall–Kier alpha value is -3.73. The molecule has 2 aromatic heterocycles. The number of nitrogens with zero attached hydrogens (tertiary/aromatic N) is 5. The Morgan fingerprint density at radius 3 is 2.92 bits per heavy atom. The fourth-order valence-electron chi connectivity index (χ4n) is 2.23. The molecule has 24 heavy (non-hydrogen) atoms. The van der Waals surface area contributed by atoms with Gasteiger partial charge in [-0.05, 0) is 31.2 Å². The average molecular weight is 320 g/mol. The quantitative estimate of drug-likeness (QED) is 0.584. The van der Waals surface area contributed by atoms with E-state index in [1.807, 2.05) is 0 Å². The largest absolute Gasteiger partial charge is 0.324 e. The molecule has 118 valence electrons. The predicted octanol–water partition coefficient (Wildman–Crippen LogP) is 3.10. The minimum atomic E-state index is -0.434. The molecule has 0 bridgehead atoms. The van der Waals surface area contributed by atoms with E-state index in [0.717, 1.165) is 0 Å². The minimum absolute atomic E-state index is 0.0216. The van der Waals surface area contributed by atoms with Crippen molar-refractivity contribution in [1.82, 2.24) is 14.5 Å². The lowest BCUT2D eigenvalue weighted by Crippen LogP contribution is -2.03. The van der Waals surface area contributed by atoms with Crippen LogP contribution in [0.5, 0.6) is 0 Å². The lowest BCUT2D eigenvalue weighted by atomic mass is 10.2. The average Bonchev–Trinajstić information content (AvgIpc) is 3.05. The fourth-order valence-corrected chi connectivity index (χ4v) is 2.23. The summed E-state index contributed by atoms with van der Waals surface area (Å²) in [5.41, 5.74) is 1.56. The summed E-state index contributed by atoms with van der Waals surface area (Å²) in [7, 11) is 0. The summed E-state index contributed by atoms with van der Waals surface area (Å²) in [5.74, 6) is 0.805. The molecule has 0 spiro atoms. The molecular weight excluding hydrogens is 308 g/mol. The monoisotopic (exact) mass is 320 g/mol. The van der Waals surface area contributed by atoms with Gasteiger partial charge in [-0.15, -0.1) is 0 Å². The third-order valence-corrected chi connectivity index (χ3v) is 3.41. The molecule has 0 fully saturated rings. The van der Waals surface area contributed by atoms with E-state index >= 15 is 0 Å². The van der Waals surface area contributed by atoms with Crippen molar-refractivity contribution >= 4 is 17.3 Å². The molecule has 0 radical (unpaired) electrons. The van der Waals surface area contributed by atoms with Crippen LogP contribution in [0.25, 0.3) is 5.82 Å². The second-order valence-corrected chi connectivity index (χ2v) is 5.00. The van der Waals surface area contributed by atoms with Crippen molar-refractivity contribution in [2.45, 2.75) is 6.92 Å². The van der Waals surface area contributed by atoms with Crippen molar-refractivity contribution in [3.8, 4) is 11.9 Å². The summed E-state index contributed by atoms with van der Waals surface area (Å²) < 4.78 is 1.63. The number of benzene rings is 1. The van der Waals surface area contributed by atoms with Crippen molar-refractivity contribution < 1.29 is 4.92 Å². The van der Waals surface area contributed by atoms with Crippen molar-refractivity contribution in [2.24, 2.45) is 0 Å². The lowest BCUT2D eigenvalue weighted by Gasteiger charge is -2.08. The van der Waals surface area contributed by atoms with E-state index in [9.17, 15) is 10.1 Å². The van der Waals surface area contributed by atoms with E-state index in [1.54, 1.807) is 54.2 Å². The van der Waals surface area contributed by atoms with Crippen molar-refractivity contribution in [2.75, 3.05) is 5.32 Å². The highest BCUT2D eigenvalue weighted by Gasteiger charge is 2.12. The number of aryl methyl sites for hydroxylation is 1. The summed E-state index contributed by atoms with van der Waals surface area (Å²) in [4.78, 5) is 19.0. The molecule has 0 aliphatic heterocycles. The molecule has 0 aliphatic rings. The molecule has 2 heterocycles. The van der Waals surface area contributed by atoms with Gasteiger partial charge in [0.2, 0.25) is 5.95 Å². The summed E-state index contributed by atoms with van der Waals surface area (Å²) >= 11 is 0. The van der Waals surface area contributed by atoms with E-state index in [2.05, 4.69) is 21.4 Å². The van der Waals surface area contributed by atoms with Crippen LogP contribution < -0.4 is 5.32 Å². The smallest absolute Gasteiger partial charge is 0.274 e. The van der Waals surface area contributed by atoms with E-state index in [0.29, 0.717) is 22.8 Å². The first-order valence-electron chi connectivity index (χ1n) is 7.01. The Morgan fingerprint density at radius 1 is 1.33 bits per heavy atom. The zero-order valence-electron chi connectivity index (χ0n) is 12.7. The van der Waals surface area contributed by atoms with Gasteiger partial charge in [0.1, 0.15) is 17.6 Å². The highest BCUT2D eigenvalue weighted by atomic mass is 16.6. The molecule has 0 amide bonds. The van der Waals surface area contributed by atoms with Crippen LogP contribution >= 0.6 is 0 Å². The van der Waals surface area contributed by atoms with Crippen LogP contribution in [-0.2, 0) is 0 Å². The van der Waals surface area contributed by atoms with Gasteiger partial charge in [-0.25, -0.2) is 4.98 Å². The third-order valence-electron chi connectivity index (χ3n) is 3.41. The van der Waals surface area contributed by atoms with Crippen molar-refractivity contribution in [3.05, 3.63) is 70.2 Å². The lowest BCUT2D eigenvalue weighted by molar-refractivity contribution is -0.385. The number of nitriles is 1. The summed E-state index contributed by atoms with van der Waals surface area (Å²) in [6.45, 7) is 1.68. The highest BCUT2D eigenvalue weighted by molar-refractivity contribution is 5.60. The SMILES string of the molecule is Cc1ccc(Nc2nccc(-n3cccc3C#N)n2)cc1[N+](=O)[O-]. The van der Waals surface area contributed by atoms with Gasteiger partial charge in [-0.2, -0.15) is 10.2 Å². The molecule has 3 aromatic rings. The number of rotatable bonds is 4. The van der Waals surface area contributed by atoms with Crippen LogP contribution in [0.2, 0.25) is 0 Å². The first-order chi connectivity index (χ1) is 11.6. The molecule has 1 aromatic carbocycles. The molecule has 3 rings (SSSR count). The van der Waals surface area contributed by atoms with Gasteiger partial charge in [0, 0.05) is 29.7 Å². The van der Waals surface area contributed by atoms with Crippen LogP contribution in [-0.4, -0.2) is 19.5 Å². The number of hydrogen-bond donors (Lipinski definition) is 1. The molecular formula is C16H12N6O2.